The first kappa shape index (κ1) is 13.4. The van der Waals surface area contributed by atoms with Crippen molar-refractivity contribution in [2.45, 2.75) is 26.7 Å². The zero-order valence-electron chi connectivity index (χ0n) is 11.8. The van der Waals surface area contributed by atoms with Crippen molar-refractivity contribution in [3.05, 3.63) is 29.4 Å². The van der Waals surface area contributed by atoms with Gasteiger partial charge < -0.3 is 4.90 Å². The first-order valence-electron chi connectivity index (χ1n) is 6.92. The molecule has 1 aliphatic rings. The minimum Gasteiger partial charge on any atom is -0.339 e. The minimum absolute atomic E-state index is 0.159. The highest BCUT2D eigenvalue weighted by Gasteiger charge is 2.28. The number of thiophene rings is 1. The van der Waals surface area contributed by atoms with Crippen LogP contribution in [0.5, 0.6) is 0 Å². The van der Waals surface area contributed by atoms with E-state index in [-0.39, 0.29) is 5.91 Å². The number of rotatable bonds is 2. The van der Waals surface area contributed by atoms with E-state index in [1.54, 1.807) is 17.5 Å². The van der Waals surface area contributed by atoms with Gasteiger partial charge in [0.05, 0.1) is 11.8 Å². The molecule has 2 aromatic rings. The number of carbonyl (C=O) groups excluding carboxylic acids is 1. The van der Waals surface area contributed by atoms with Crippen LogP contribution in [0.4, 0.5) is 0 Å². The predicted octanol–water partition coefficient (Wildman–Crippen LogP) is 3.40. The molecule has 0 atom stereocenters. The lowest BCUT2D eigenvalue weighted by Crippen LogP contribution is -2.40. The summed E-state index contributed by atoms with van der Waals surface area (Å²) in [4.78, 5) is 15.6. The fraction of sp³-hybridized carbons (Fsp3) is 0.467. The second-order valence-electron chi connectivity index (χ2n) is 6.14. The molecule has 0 spiro atoms. The number of hydrogen-bond acceptors (Lipinski definition) is 3. The third-order valence-corrected chi connectivity index (χ3v) is 5.01. The summed E-state index contributed by atoms with van der Waals surface area (Å²) in [7, 11) is 0. The van der Waals surface area contributed by atoms with Crippen molar-refractivity contribution in [2.75, 3.05) is 13.1 Å². The Labute approximate surface area is 122 Å². The van der Waals surface area contributed by atoms with E-state index in [1.165, 1.54) is 0 Å². The van der Waals surface area contributed by atoms with Crippen molar-refractivity contribution >= 4 is 17.2 Å². The summed E-state index contributed by atoms with van der Waals surface area (Å²) in [5, 5.41) is 8.69. The molecule has 1 fully saturated rings. The largest absolute Gasteiger partial charge is 0.339 e. The smallest absolute Gasteiger partial charge is 0.254 e. The first-order chi connectivity index (χ1) is 9.55. The molecule has 2 aromatic heterocycles. The molecular formula is C15H19N3OS. The van der Waals surface area contributed by atoms with Gasteiger partial charge in [0.1, 0.15) is 0 Å². The lowest BCUT2D eigenvalue weighted by molar-refractivity contribution is 0.0631. The molecule has 0 radical (unpaired) electrons. The van der Waals surface area contributed by atoms with Gasteiger partial charge in [-0.1, -0.05) is 13.8 Å². The number of likely N-dealkylation sites (tertiary alicyclic amines) is 1. The topological polar surface area (TPSA) is 49.0 Å². The highest BCUT2D eigenvalue weighted by molar-refractivity contribution is 7.13. The van der Waals surface area contributed by atoms with Crippen LogP contribution in [0.1, 0.15) is 37.0 Å². The maximum absolute atomic E-state index is 12.5. The van der Waals surface area contributed by atoms with Gasteiger partial charge in [0.15, 0.2) is 0 Å². The van der Waals surface area contributed by atoms with Crippen LogP contribution in [-0.2, 0) is 0 Å². The van der Waals surface area contributed by atoms with Gasteiger partial charge in [0.25, 0.3) is 5.91 Å². The van der Waals surface area contributed by atoms with E-state index in [0.29, 0.717) is 5.41 Å². The number of hydrogen-bond donors (Lipinski definition) is 1. The summed E-state index contributed by atoms with van der Waals surface area (Å²) in [6, 6.07) is 1.97. The standard InChI is InChI=1S/C15H19N3OS/c1-15(2)3-5-18(6-4-15)14(19)11-7-13(20-10-11)12-8-16-17-9-12/h7-10H,3-6H2,1-2H3,(H,16,17). The highest BCUT2D eigenvalue weighted by Crippen LogP contribution is 2.32. The Balaban J connectivity index is 1.72. The van der Waals surface area contributed by atoms with Crippen molar-refractivity contribution in [1.82, 2.24) is 15.1 Å². The maximum Gasteiger partial charge on any atom is 0.254 e. The van der Waals surface area contributed by atoms with Gasteiger partial charge in [-0.3, -0.25) is 9.89 Å². The van der Waals surface area contributed by atoms with E-state index in [9.17, 15) is 4.79 Å². The molecule has 5 heteroatoms. The molecule has 1 saturated heterocycles. The van der Waals surface area contributed by atoms with E-state index in [1.807, 2.05) is 22.5 Å². The van der Waals surface area contributed by atoms with E-state index >= 15 is 0 Å². The zero-order valence-corrected chi connectivity index (χ0v) is 12.7. The lowest BCUT2D eigenvalue weighted by atomic mass is 9.82. The van der Waals surface area contributed by atoms with Gasteiger partial charge in [0, 0.05) is 35.1 Å². The van der Waals surface area contributed by atoms with Gasteiger partial charge in [-0.15, -0.1) is 11.3 Å². The number of amides is 1. The van der Waals surface area contributed by atoms with Gasteiger partial charge in [-0.2, -0.15) is 5.10 Å². The number of H-pyrrole nitrogens is 1. The second kappa shape index (κ2) is 5.05. The summed E-state index contributed by atoms with van der Waals surface area (Å²) < 4.78 is 0. The minimum atomic E-state index is 0.159. The molecule has 0 aromatic carbocycles. The molecule has 4 nitrogen and oxygen atoms in total. The number of carbonyl (C=O) groups is 1. The van der Waals surface area contributed by atoms with Crippen molar-refractivity contribution in [1.29, 1.82) is 0 Å². The molecular weight excluding hydrogens is 270 g/mol. The summed E-state index contributed by atoms with van der Waals surface area (Å²) in [6.07, 6.45) is 5.79. The Morgan fingerprint density at radius 3 is 2.80 bits per heavy atom. The molecule has 1 N–H and O–H groups in total. The van der Waals surface area contributed by atoms with Crippen LogP contribution in [0.15, 0.2) is 23.8 Å². The van der Waals surface area contributed by atoms with Crippen molar-refractivity contribution in [3.8, 4) is 10.4 Å². The van der Waals surface area contributed by atoms with Crippen molar-refractivity contribution in [3.63, 3.8) is 0 Å². The Kier molecular flexibility index (Phi) is 3.38. The van der Waals surface area contributed by atoms with Crippen molar-refractivity contribution < 1.29 is 4.79 Å². The van der Waals surface area contributed by atoms with Crippen LogP contribution in [0, 0.1) is 5.41 Å². The Morgan fingerprint density at radius 1 is 1.40 bits per heavy atom. The lowest BCUT2D eigenvalue weighted by Gasteiger charge is -2.36. The third-order valence-electron chi connectivity index (χ3n) is 4.03. The number of nitrogens with zero attached hydrogens (tertiary/aromatic N) is 2. The average Bonchev–Trinajstić information content (AvgIpc) is 3.09. The van der Waals surface area contributed by atoms with Crippen LogP contribution in [0.3, 0.4) is 0 Å². The second-order valence-corrected chi connectivity index (χ2v) is 7.05. The fourth-order valence-electron chi connectivity index (χ4n) is 2.48. The Morgan fingerprint density at radius 2 is 2.15 bits per heavy atom. The molecule has 20 heavy (non-hydrogen) atoms. The molecule has 3 rings (SSSR count). The van der Waals surface area contributed by atoms with Crippen LogP contribution in [0.25, 0.3) is 10.4 Å². The van der Waals surface area contributed by atoms with Crippen LogP contribution in [0.2, 0.25) is 0 Å². The Bertz CT molecular complexity index is 590. The van der Waals surface area contributed by atoms with Crippen LogP contribution < -0.4 is 0 Å². The maximum atomic E-state index is 12.5. The fourth-order valence-corrected chi connectivity index (χ4v) is 3.35. The monoisotopic (exact) mass is 289 g/mol. The number of piperidine rings is 1. The predicted molar refractivity (Wildman–Crippen MR) is 80.8 cm³/mol. The first-order valence-corrected chi connectivity index (χ1v) is 7.80. The zero-order chi connectivity index (χ0) is 14.2. The number of aromatic nitrogens is 2. The third kappa shape index (κ3) is 2.63. The molecule has 0 bridgehead atoms. The van der Waals surface area contributed by atoms with E-state index in [2.05, 4.69) is 24.0 Å². The molecule has 0 aliphatic carbocycles. The summed E-state index contributed by atoms with van der Waals surface area (Å²) in [5.41, 5.74) is 2.20. The van der Waals surface area contributed by atoms with Crippen LogP contribution in [-0.4, -0.2) is 34.1 Å². The van der Waals surface area contributed by atoms with Gasteiger partial charge in [0.2, 0.25) is 0 Å². The number of nitrogens with one attached hydrogen (secondary N) is 1. The summed E-state index contributed by atoms with van der Waals surface area (Å²) in [5.74, 6) is 0.159. The molecule has 0 unspecified atom stereocenters. The molecule has 1 aliphatic heterocycles. The molecule has 1 amide bonds. The summed E-state index contributed by atoms with van der Waals surface area (Å²) in [6.45, 7) is 6.28. The SMILES string of the molecule is CC1(C)CCN(C(=O)c2csc(-c3cn[nH]c3)c2)CC1. The summed E-state index contributed by atoms with van der Waals surface area (Å²) >= 11 is 1.59. The van der Waals surface area contributed by atoms with Gasteiger partial charge in [-0.05, 0) is 24.3 Å². The number of aromatic amines is 1. The van der Waals surface area contributed by atoms with Crippen molar-refractivity contribution in [2.24, 2.45) is 5.41 Å². The molecule has 106 valence electrons. The average molecular weight is 289 g/mol. The van der Waals surface area contributed by atoms with Gasteiger partial charge in [-0.25, -0.2) is 0 Å². The van der Waals surface area contributed by atoms with Gasteiger partial charge >= 0.3 is 0 Å². The van der Waals surface area contributed by atoms with Crippen LogP contribution >= 0.6 is 11.3 Å². The van der Waals surface area contributed by atoms with E-state index in [0.717, 1.165) is 41.9 Å². The normalized spacial score (nSPS) is 18.2. The molecule has 3 heterocycles. The highest BCUT2D eigenvalue weighted by atomic mass is 32.1. The van der Waals surface area contributed by atoms with E-state index in [4.69, 9.17) is 0 Å². The van der Waals surface area contributed by atoms with E-state index < -0.39 is 0 Å². The Hall–Kier alpha value is -1.62. The quantitative estimate of drug-likeness (QED) is 0.921. The molecule has 0 saturated carbocycles.